The molecule has 0 saturated heterocycles. The van der Waals surface area contributed by atoms with Gasteiger partial charge in [0.1, 0.15) is 5.69 Å². The fourth-order valence-electron chi connectivity index (χ4n) is 1.88. The maximum absolute atomic E-state index is 10.9. The lowest BCUT2D eigenvalue weighted by Crippen LogP contribution is -2.05. The summed E-state index contributed by atoms with van der Waals surface area (Å²) in [4.78, 5) is 21.5. The molecule has 3 heterocycles. The van der Waals surface area contributed by atoms with Crippen LogP contribution in [0, 0.1) is 0 Å². The number of H-pyrrole nitrogens is 1. The summed E-state index contributed by atoms with van der Waals surface area (Å²) in [5.74, 6) is -0.269. The van der Waals surface area contributed by atoms with Gasteiger partial charge in [-0.3, -0.25) is 19.5 Å². The Labute approximate surface area is 120 Å². The van der Waals surface area contributed by atoms with E-state index in [0.29, 0.717) is 11.5 Å². The van der Waals surface area contributed by atoms with Gasteiger partial charge in [-0.05, 0) is 36.2 Å². The minimum Gasteiger partial charge on any atom is -0.383 e. The van der Waals surface area contributed by atoms with Gasteiger partial charge < -0.3 is 5.32 Å². The Balaban J connectivity index is 1.58. The third-order valence-electron chi connectivity index (χ3n) is 2.94. The molecule has 0 bridgehead atoms. The molecule has 3 aromatic rings. The molecule has 3 aromatic heterocycles. The SMILES string of the molecule is O=c1[nH]c(-c2ccc(NCCc3ccncc3)cn2)no1. The summed E-state index contributed by atoms with van der Waals surface area (Å²) >= 11 is 0. The van der Waals surface area contributed by atoms with E-state index in [1.165, 1.54) is 5.56 Å². The molecule has 0 saturated carbocycles. The van der Waals surface area contributed by atoms with Gasteiger partial charge in [-0.15, -0.1) is 0 Å². The molecule has 106 valence electrons. The second kappa shape index (κ2) is 6.00. The Morgan fingerprint density at radius 1 is 1.19 bits per heavy atom. The van der Waals surface area contributed by atoms with Crippen molar-refractivity contribution in [2.24, 2.45) is 0 Å². The first-order chi connectivity index (χ1) is 10.3. The number of aromatic amines is 1. The highest BCUT2D eigenvalue weighted by Crippen LogP contribution is 2.13. The highest BCUT2D eigenvalue weighted by Gasteiger charge is 2.05. The number of aromatic nitrogens is 4. The lowest BCUT2D eigenvalue weighted by Gasteiger charge is -2.06. The first-order valence-corrected chi connectivity index (χ1v) is 6.46. The molecule has 3 rings (SSSR count). The lowest BCUT2D eigenvalue weighted by molar-refractivity contribution is 0.387. The fraction of sp³-hybridized carbons (Fsp3) is 0.143. The van der Waals surface area contributed by atoms with Crippen molar-refractivity contribution in [3.05, 3.63) is 59.0 Å². The maximum Gasteiger partial charge on any atom is 0.439 e. The molecule has 0 aliphatic rings. The van der Waals surface area contributed by atoms with Gasteiger partial charge in [-0.2, -0.15) is 0 Å². The monoisotopic (exact) mass is 283 g/mol. The van der Waals surface area contributed by atoms with Gasteiger partial charge in [0.05, 0.1) is 11.9 Å². The van der Waals surface area contributed by atoms with Gasteiger partial charge in [0, 0.05) is 18.9 Å². The predicted molar refractivity (Wildman–Crippen MR) is 76.8 cm³/mol. The summed E-state index contributed by atoms with van der Waals surface area (Å²) in [6, 6.07) is 7.62. The zero-order valence-electron chi connectivity index (χ0n) is 11.1. The van der Waals surface area contributed by atoms with E-state index in [4.69, 9.17) is 0 Å². The topological polar surface area (TPSA) is 96.7 Å². The molecular formula is C14H13N5O2. The molecule has 0 radical (unpaired) electrons. The maximum atomic E-state index is 10.9. The molecule has 7 heteroatoms. The fourth-order valence-corrected chi connectivity index (χ4v) is 1.88. The predicted octanol–water partition coefficient (Wildman–Crippen LogP) is 1.47. The smallest absolute Gasteiger partial charge is 0.383 e. The molecule has 21 heavy (non-hydrogen) atoms. The van der Waals surface area contributed by atoms with Gasteiger partial charge in [0.2, 0.25) is 5.82 Å². The van der Waals surface area contributed by atoms with Crippen molar-refractivity contribution in [3.63, 3.8) is 0 Å². The summed E-state index contributed by atoms with van der Waals surface area (Å²) in [6.07, 6.45) is 6.16. The van der Waals surface area contributed by atoms with Crippen molar-refractivity contribution < 1.29 is 4.52 Å². The van der Waals surface area contributed by atoms with Crippen molar-refractivity contribution in [1.82, 2.24) is 20.1 Å². The summed E-state index contributed by atoms with van der Waals surface area (Å²) < 4.78 is 4.44. The van der Waals surface area contributed by atoms with Crippen LogP contribution in [0.2, 0.25) is 0 Å². The molecule has 0 aliphatic heterocycles. The van der Waals surface area contributed by atoms with Crippen molar-refractivity contribution in [3.8, 4) is 11.5 Å². The van der Waals surface area contributed by atoms with E-state index in [1.54, 1.807) is 24.7 Å². The summed E-state index contributed by atoms with van der Waals surface area (Å²) in [6.45, 7) is 0.797. The Hall–Kier alpha value is -2.96. The summed E-state index contributed by atoms with van der Waals surface area (Å²) in [5, 5.41) is 6.86. The highest BCUT2D eigenvalue weighted by molar-refractivity contribution is 5.52. The number of nitrogens with one attached hydrogen (secondary N) is 2. The van der Waals surface area contributed by atoms with Crippen molar-refractivity contribution in [2.75, 3.05) is 11.9 Å². The number of hydrogen-bond donors (Lipinski definition) is 2. The van der Waals surface area contributed by atoms with Crippen LogP contribution in [0.5, 0.6) is 0 Å². The van der Waals surface area contributed by atoms with E-state index in [0.717, 1.165) is 18.7 Å². The largest absolute Gasteiger partial charge is 0.439 e. The van der Waals surface area contributed by atoms with Crippen LogP contribution >= 0.6 is 0 Å². The summed E-state index contributed by atoms with van der Waals surface area (Å²) in [5.41, 5.74) is 2.68. The van der Waals surface area contributed by atoms with Crippen LogP contribution in [-0.4, -0.2) is 26.7 Å². The van der Waals surface area contributed by atoms with Crippen molar-refractivity contribution >= 4 is 5.69 Å². The molecule has 0 spiro atoms. The minimum absolute atomic E-state index is 0.323. The molecule has 0 fully saturated rings. The second-order valence-electron chi connectivity index (χ2n) is 4.41. The lowest BCUT2D eigenvalue weighted by atomic mass is 10.2. The Kier molecular flexibility index (Phi) is 3.72. The van der Waals surface area contributed by atoms with Crippen LogP contribution in [0.25, 0.3) is 11.5 Å². The van der Waals surface area contributed by atoms with Gasteiger partial charge in [0.25, 0.3) is 0 Å². The van der Waals surface area contributed by atoms with Gasteiger partial charge in [0.15, 0.2) is 0 Å². The Morgan fingerprint density at radius 3 is 2.71 bits per heavy atom. The van der Waals surface area contributed by atoms with Gasteiger partial charge in [-0.25, -0.2) is 4.79 Å². The molecular weight excluding hydrogens is 270 g/mol. The first-order valence-electron chi connectivity index (χ1n) is 6.46. The van der Waals surface area contributed by atoms with Crippen molar-refractivity contribution in [1.29, 1.82) is 0 Å². The number of rotatable bonds is 5. The third kappa shape index (κ3) is 3.33. The van der Waals surface area contributed by atoms with Crippen LogP contribution in [0.3, 0.4) is 0 Å². The molecule has 0 amide bonds. The van der Waals surface area contributed by atoms with Crippen LogP contribution in [0.15, 0.2) is 52.2 Å². The van der Waals surface area contributed by atoms with Crippen LogP contribution < -0.4 is 11.1 Å². The molecule has 0 atom stereocenters. The van der Waals surface area contributed by atoms with Gasteiger partial charge in [-0.1, -0.05) is 5.16 Å². The van der Waals surface area contributed by atoms with E-state index in [1.807, 2.05) is 18.2 Å². The average Bonchev–Trinajstić information content (AvgIpc) is 2.96. The average molecular weight is 283 g/mol. The van der Waals surface area contributed by atoms with E-state index in [-0.39, 0.29) is 0 Å². The number of nitrogens with zero attached hydrogens (tertiary/aromatic N) is 3. The van der Waals surface area contributed by atoms with E-state index in [9.17, 15) is 4.79 Å². The molecule has 0 aromatic carbocycles. The van der Waals surface area contributed by atoms with Crippen LogP contribution in [0.1, 0.15) is 5.56 Å². The molecule has 0 unspecified atom stereocenters. The zero-order chi connectivity index (χ0) is 14.5. The van der Waals surface area contributed by atoms with Crippen LogP contribution in [-0.2, 0) is 6.42 Å². The first kappa shape index (κ1) is 13.0. The quantitative estimate of drug-likeness (QED) is 0.736. The Morgan fingerprint density at radius 2 is 2.05 bits per heavy atom. The standard InChI is InChI=1S/C14H13N5O2/c20-14-18-13(19-21-14)12-2-1-11(9-17-12)16-8-5-10-3-6-15-7-4-10/h1-4,6-7,9,16H,5,8H2,(H,18,19,20). The number of hydrogen-bond acceptors (Lipinski definition) is 6. The molecule has 7 nitrogen and oxygen atoms in total. The number of anilines is 1. The molecule has 0 aliphatic carbocycles. The van der Waals surface area contributed by atoms with E-state index < -0.39 is 5.76 Å². The number of pyridine rings is 2. The highest BCUT2D eigenvalue weighted by atomic mass is 16.5. The van der Waals surface area contributed by atoms with Gasteiger partial charge >= 0.3 is 5.76 Å². The van der Waals surface area contributed by atoms with E-state index in [2.05, 4.69) is 29.9 Å². The molecule has 2 N–H and O–H groups in total. The van der Waals surface area contributed by atoms with Crippen molar-refractivity contribution in [2.45, 2.75) is 6.42 Å². The second-order valence-corrected chi connectivity index (χ2v) is 4.41. The Bertz CT molecular complexity index is 749. The normalized spacial score (nSPS) is 10.5. The van der Waals surface area contributed by atoms with Crippen LogP contribution in [0.4, 0.5) is 5.69 Å². The zero-order valence-corrected chi connectivity index (χ0v) is 11.1. The summed E-state index contributed by atoms with van der Waals surface area (Å²) in [7, 11) is 0. The minimum atomic E-state index is -0.591. The van der Waals surface area contributed by atoms with E-state index >= 15 is 0 Å². The third-order valence-corrected chi connectivity index (χ3v) is 2.94.